The molecular formula is C21H28N6O7. The number of aromatic nitrogens is 2. The molecule has 1 aromatic carbocycles. The number of carboxylic acid groups (broad SMARTS) is 1. The molecule has 0 spiro atoms. The second-order valence-electron chi connectivity index (χ2n) is 7.63. The van der Waals surface area contributed by atoms with Gasteiger partial charge in [-0.2, -0.15) is 0 Å². The van der Waals surface area contributed by atoms with Crippen LogP contribution < -0.4 is 21.7 Å². The van der Waals surface area contributed by atoms with Crippen molar-refractivity contribution in [1.29, 1.82) is 0 Å². The van der Waals surface area contributed by atoms with Crippen LogP contribution in [0.25, 0.3) is 0 Å². The molecule has 9 N–H and O–H groups in total. The number of imidazole rings is 1. The fraction of sp³-hybridized carbons (Fsp3) is 0.381. The fourth-order valence-corrected chi connectivity index (χ4v) is 2.93. The van der Waals surface area contributed by atoms with E-state index in [0.717, 1.165) is 0 Å². The van der Waals surface area contributed by atoms with E-state index >= 15 is 0 Å². The van der Waals surface area contributed by atoms with Gasteiger partial charge in [0.25, 0.3) is 0 Å². The number of hydrogen-bond acceptors (Lipinski definition) is 8. The smallest absolute Gasteiger partial charge is 0.326 e. The van der Waals surface area contributed by atoms with Gasteiger partial charge in [0.1, 0.15) is 29.9 Å². The normalized spacial score (nSPS) is 14.3. The summed E-state index contributed by atoms with van der Waals surface area (Å²) in [6, 6.07) is 1.06. The number of rotatable bonds is 12. The van der Waals surface area contributed by atoms with Crippen molar-refractivity contribution in [3.63, 3.8) is 0 Å². The summed E-state index contributed by atoms with van der Waals surface area (Å²) in [6.45, 7) is 0.738. The zero-order valence-corrected chi connectivity index (χ0v) is 18.4. The van der Waals surface area contributed by atoms with Crippen LogP contribution in [0.5, 0.6) is 5.75 Å². The highest BCUT2D eigenvalue weighted by molar-refractivity contribution is 5.94. The predicted molar refractivity (Wildman–Crippen MR) is 118 cm³/mol. The van der Waals surface area contributed by atoms with Crippen molar-refractivity contribution in [2.45, 2.75) is 43.9 Å². The van der Waals surface area contributed by atoms with Crippen molar-refractivity contribution in [3.05, 3.63) is 48.0 Å². The highest BCUT2D eigenvalue weighted by atomic mass is 16.4. The number of nitrogens with one attached hydrogen (secondary N) is 4. The summed E-state index contributed by atoms with van der Waals surface area (Å²) < 4.78 is 0. The van der Waals surface area contributed by atoms with Gasteiger partial charge in [-0.05, 0) is 24.6 Å². The maximum Gasteiger partial charge on any atom is 0.326 e. The summed E-state index contributed by atoms with van der Waals surface area (Å²) in [5.74, 6) is -3.49. The lowest BCUT2D eigenvalue weighted by Gasteiger charge is -2.23. The third-order valence-corrected chi connectivity index (χ3v) is 4.89. The summed E-state index contributed by atoms with van der Waals surface area (Å²) in [5.41, 5.74) is 6.59. The van der Waals surface area contributed by atoms with Crippen molar-refractivity contribution in [2.24, 2.45) is 5.73 Å². The Morgan fingerprint density at radius 1 is 1.00 bits per heavy atom. The third kappa shape index (κ3) is 7.86. The maximum atomic E-state index is 12.8. The number of nitrogens with zero attached hydrogens (tertiary/aromatic N) is 1. The molecule has 0 aliphatic carbocycles. The number of benzene rings is 1. The highest BCUT2D eigenvalue weighted by Gasteiger charge is 2.28. The number of phenols is 1. The molecule has 4 atom stereocenters. The summed E-state index contributed by atoms with van der Waals surface area (Å²) in [7, 11) is 0. The SMILES string of the molecule is CC(NC(=O)C(Cc1cnc[nH]1)NC(=O)C(N)CO)C(=O)NC(Cc1ccc(O)cc1)C(=O)O. The summed E-state index contributed by atoms with van der Waals surface area (Å²) in [6.07, 6.45) is 2.80. The topological polar surface area (TPSA) is 220 Å². The second-order valence-corrected chi connectivity index (χ2v) is 7.63. The van der Waals surface area contributed by atoms with E-state index in [4.69, 9.17) is 10.8 Å². The molecule has 2 aromatic rings. The van der Waals surface area contributed by atoms with E-state index in [1.54, 1.807) is 0 Å². The standard InChI is InChI=1S/C21H28N6O7/c1-11(18(30)27-17(21(33)34)6-12-2-4-14(29)5-3-12)25-20(32)16(7-13-8-23-10-24-13)26-19(31)15(22)9-28/h2-5,8,10-11,15-17,28-29H,6-7,9,22H2,1H3,(H,23,24)(H,25,32)(H,26,31)(H,27,30)(H,33,34). The largest absolute Gasteiger partial charge is 0.508 e. The lowest BCUT2D eigenvalue weighted by atomic mass is 10.1. The molecule has 1 aromatic heterocycles. The summed E-state index contributed by atoms with van der Waals surface area (Å²) in [5, 5.41) is 35.1. The number of aliphatic carboxylic acids is 1. The summed E-state index contributed by atoms with van der Waals surface area (Å²) in [4.78, 5) is 55.7. The first kappa shape index (κ1) is 26.3. The molecule has 3 amide bonds. The van der Waals surface area contributed by atoms with Crippen LogP contribution in [-0.2, 0) is 32.0 Å². The van der Waals surface area contributed by atoms with Gasteiger partial charge in [0.15, 0.2) is 0 Å². The Kier molecular flexibility index (Phi) is 9.52. The van der Waals surface area contributed by atoms with Gasteiger partial charge in [-0.25, -0.2) is 9.78 Å². The predicted octanol–water partition coefficient (Wildman–Crippen LogP) is -2.22. The molecule has 0 bridgehead atoms. The van der Waals surface area contributed by atoms with Crippen LogP contribution in [0.2, 0.25) is 0 Å². The van der Waals surface area contributed by atoms with Gasteiger partial charge >= 0.3 is 5.97 Å². The Morgan fingerprint density at radius 2 is 1.65 bits per heavy atom. The Labute approximate surface area is 194 Å². The van der Waals surface area contributed by atoms with Crippen LogP contribution in [0.15, 0.2) is 36.8 Å². The number of carbonyl (C=O) groups is 4. The Balaban J connectivity index is 2.03. The average Bonchev–Trinajstić information content (AvgIpc) is 3.31. The van der Waals surface area contributed by atoms with Gasteiger partial charge in [-0.1, -0.05) is 12.1 Å². The second kappa shape index (κ2) is 12.3. The van der Waals surface area contributed by atoms with Gasteiger partial charge in [0.05, 0.1) is 12.9 Å². The van der Waals surface area contributed by atoms with Crippen molar-refractivity contribution < 1.29 is 34.5 Å². The van der Waals surface area contributed by atoms with Gasteiger partial charge in [0.2, 0.25) is 17.7 Å². The number of aliphatic hydroxyl groups excluding tert-OH is 1. The molecular weight excluding hydrogens is 448 g/mol. The number of H-pyrrole nitrogens is 1. The quantitative estimate of drug-likeness (QED) is 0.166. The van der Waals surface area contributed by atoms with E-state index in [0.29, 0.717) is 11.3 Å². The Hall–Kier alpha value is -3.97. The van der Waals surface area contributed by atoms with Crippen LogP contribution in [0.4, 0.5) is 0 Å². The van der Waals surface area contributed by atoms with Gasteiger partial charge < -0.3 is 42.0 Å². The van der Waals surface area contributed by atoms with E-state index in [9.17, 15) is 29.4 Å². The first-order valence-electron chi connectivity index (χ1n) is 10.4. The fourth-order valence-electron chi connectivity index (χ4n) is 2.93. The molecule has 0 saturated heterocycles. The number of hydrogen-bond donors (Lipinski definition) is 8. The van der Waals surface area contributed by atoms with Crippen LogP contribution in [0, 0.1) is 0 Å². The minimum atomic E-state index is -1.28. The molecule has 0 aliphatic rings. The van der Waals surface area contributed by atoms with E-state index in [1.807, 2.05) is 0 Å². The lowest BCUT2D eigenvalue weighted by Crippen LogP contribution is -2.57. The number of carboxylic acids is 1. The van der Waals surface area contributed by atoms with Crippen LogP contribution in [0.1, 0.15) is 18.2 Å². The number of carbonyl (C=O) groups excluding carboxylic acids is 3. The third-order valence-electron chi connectivity index (χ3n) is 4.89. The molecule has 13 heteroatoms. The molecule has 34 heavy (non-hydrogen) atoms. The van der Waals surface area contributed by atoms with Crippen LogP contribution >= 0.6 is 0 Å². The van der Waals surface area contributed by atoms with Crippen molar-refractivity contribution in [2.75, 3.05) is 6.61 Å². The molecule has 184 valence electrons. The zero-order valence-electron chi connectivity index (χ0n) is 18.4. The number of aromatic hydroxyl groups is 1. The summed E-state index contributed by atoms with van der Waals surface area (Å²) >= 11 is 0. The molecule has 2 rings (SSSR count). The van der Waals surface area contributed by atoms with Crippen LogP contribution in [-0.4, -0.2) is 79.8 Å². The lowest BCUT2D eigenvalue weighted by molar-refractivity contribution is -0.142. The van der Waals surface area contributed by atoms with Gasteiger partial charge in [-0.15, -0.1) is 0 Å². The number of aromatic amines is 1. The first-order chi connectivity index (χ1) is 16.1. The molecule has 0 radical (unpaired) electrons. The Morgan fingerprint density at radius 3 is 2.21 bits per heavy atom. The molecule has 4 unspecified atom stereocenters. The molecule has 13 nitrogen and oxygen atoms in total. The van der Waals surface area contributed by atoms with E-state index < -0.39 is 54.5 Å². The minimum Gasteiger partial charge on any atom is -0.508 e. The monoisotopic (exact) mass is 476 g/mol. The highest BCUT2D eigenvalue weighted by Crippen LogP contribution is 2.11. The minimum absolute atomic E-state index is 0.00264. The van der Waals surface area contributed by atoms with Crippen molar-refractivity contribution in [3.8, 4) is 5.75 Å². The number of nitrogens with two attached hydrogens (primary N) is 1. The van der Waals surface area contributed by atoms with E-state index in [-0.39, 0.29) is 18.6 Å². The van der Waals surface area contributed by atoms with Crippen molar-refractivity contribution in [1.82, 2.24) is 25.9 Å². The van der Waals surface area contributed by atoms with Crippen molar-refractivity contribution >= 4 is 23.7 Å². The number of phenolic OH excluding ortho intramolecular Hbond substituents is 1. The van der Waals surface area contributed by atoms with Gasteiger partial charge in [-0.3, -0.25) is 14.4 Å². The molecule has 0 fully saturated rings. The number of amides is 3. The zero-order chi connectivity index (χ0) is 25.3. The molecule has 0 saturated carbocycles. The Bertz CT molecular complexity index is 980. The van der Waals surface area contributed by atoms with Gasteiger partial charge in [0, 0.05) is 24.7 Å². The molecule has 0 aliphatic heterocycles. The van der Waals surface area contributed by atoms with Crippen LogP contribution in [0.3, 0.4) is 0 Å². The maximum absolute atomic E-state index is 12.8. The van der Waals surface area contributed by atoms with E-state index in [2.05, 4.69) is 25.9 Å². The number of aliphatic hydroxyl groups is 1. The first-order valence-corrected chi connectivity index (χ1v) is 10.4. The molecule has 1 heterocycles. The van der Waals surface area contributed by atoms with E-state index in [1.165, 1.54) is 43.7 Å². The average molecular weight is 476 g/mol.